The van der Waals surface area contributed by atoms with Gasteiger partial charge in [-0.05, 0) is 36.2 Å². The van der Waals surface area contributed by atoms with Crippen LogP contribution in [0.4, 0.5) is 0 Å². The molecule has 0 fully saturated rings. The summed E-state index contributed by atoms with van der Waals surface area (Å²) in [6.07, 6.45) is 6.10. The summed E-state index contributed by atoms with van der Waals surface area (Å²) in [5.74, 6) is 3.49. The van der Waals surface area contributed by atoms with E-state index in [0.717, 1.165) is 5.56 Å². The second kappa shape index (κ2) is 9.50. The second-order valence-corrected chi connectivity index (χ2v) is 5.49. The highest BCUT2D eigenvalue weighted by Crippen LogP contribution is 2.28. The molecule has 1 aromatic carbocycles. The van der Waals surface area contributed by atoms with Crippen LogP contribution in [0.3, 0.4) is 0 Å². The molecule has 6 nitrogen and oxygen atoms in total. The van der Waals surface area contributed by atoms with Crippen LogP contribution in [-0.2, 0) is 17.8 Å². The quantitative estimate of drug-likeness (QED) is 0.733. The van der Waals surface area contributed by atoms with Gasteiger partial charge in [-0.25, -0.2) is 0 Å². The third-order valence-corrected chi connectivity index (χ3v) is 3.54. The zero-order valence-corrected chi connectivity index (χ0v) is 14.5. The van der Waals surface area contributed by atoms with Gasteiger partial charge in [0.1, 0.15) is 6.61 Å². The lowest BCUT2D eigenvalue weighted by Gasteiger charge is -2.10. The van der Waals surface area contributed by atoms with E-state index < -0.39 is 0 Å². The number of hydrogen-bond donors (Lipinski definition) is 1. The van der Waals surface area contributed by atoms with Crippen molar-refractivity contribution in [1.82, 2.24) is 15.5 Å². The average molecular weight is 360 g/mol. The Morgan fingerprint density at radius 3 is 2.80 bits per heavy atom. The first-order valence-electron chi connectivity index (χ1n) is 7.60. The van der Waals surface area contributed by atoms with Crippen LogP contribution in [0.1, 0.15) is 17.7 Å². The lowest BCUT2D eigenvalue weighted by atomic mass is 10.1. The summed E-state index contributed by atoms with van der Waals surface area (Å²) in [5.41, 5.74) is 1.61. The van der Waals surface area contributed by atoms with Crippen molar-refractivity contribution in [2.24, 2.45) is 0 Å². The minimum atomic E-state index is -0.0802. The van der Waals surface area contributed by atoms with Crippen LogP contribution in [0, 0.1) is 12.3 Å². The summed E-state index contributed by atoms with van der Waals surface area (Å²) >= 11 is 5.67. The van der Waals surface area contributed by atoms with Gasteiger partial charge in [-0.1, -0.05) is 23.6 Å². The molecule has 2 aromatic rings. The van der Waals surface area contributed by atoms with E-state index in [0.29, 0.717) is 41.7 Å². The van der Waals surface area contributed by atoms with E-state index in [-0.39, 0.29) is 12.5 Å². The van der Waals surface area contributed by atoms with Crippen molar-refractivity contribution in [1.29, 1.82) is 0 Å². The maximum Gasteiger partial charge on any atom is 0.220 e. The molecular formula is C18H18ClN3O3. The van der Waals surface area contributed by atoms with Crippen LogP contribution in [0.2, 0.25) is 5.15 Å². The lowest BCUT2D eigenvalue weighted by Crippen LogP contribution is -2.23. The number of carbonyl (C=O) groups is 1. The normalized spacial score (nSPS) is 9.96. The highest BCUT2D eigenvalue weighted by molar-refractivity contribution is 6.29. The molecule has 1 aromatic heterocycles. The Kier molecular flexibility index (Phi) is 7.05. The number of hydrogen-bond acceptors (Lipinski definition) is 5. The number of halogens is 1. The Balaban J connectivity index is 1.84. The monoisotopic (exact) mass is 359 g/mol. The van der Waals surface area contributed by atoms with E-state index in [9.17, 15) is 4.79 Å². The summed E-state index contributed by atoms with van der Waals surface area (Å²) in [6, 6.07) is 8.85. The molecule has 0 radical (unpaired) electrons. The molecule has 0 aliphatic heterocycles. The number of carbonyl (C=O) groups excluding carboxylic acids is 1. The third-order valence-electron chi connectivity index (χ3n) is 3.33. The number of methoxy groups -OCH3 is 1. The number of rotatable bonds is 8. The zero-order valence-electron chi connectivity index (χ0n) is 13.8. The number of terminal acetylenes is 1. The summed E-state index contributed by atoms with van der Waals surface area (Å²) in [5, 5.41) is 10.7. The third kappa shape index (κ3) is 5.98. The molecule has 0 unspecified atom stereocenters. The first kappa shape index (κ1) is 18.6. The number of nitrogens with one attached hydrogen (secondary N) is 1. The first-order chi connectivity index (χ1) is 12.1. The van der Waals surface area contributed by atoms with Crippen molar-refractivity contribution in [3.05, 3.63) is 46.7 Å². The van der Waals surface area contributed by atoms with E-state index >= 15 is 0 Å². The maximum atomic E-state index is 12.0. The first-order valence-corrected chi connectivity index (χ1v) is 7.98. The van der Waals surface area contributed by atoms with Gasteiger partial charge in [0.25, 0.3) is 0 Å². The van der Waals surface area contributed by atoms with Crippen molar-refractivity contribution in [3.8, 4) is 23.8 Å². The van der Waals surface area contributed by atoms with E-state index in [1.54, 1.807) is 25.3 Å². The highest BCUT2D eigenvalue weighted by atomic mass is 35.5. The van der Waals surface area contributed by atoms with E-state index in [1.807, 2.05) is 12.1 Å². The largest absolute Gasteiger partial charge is 0.493 e. The van der Waals surface area contributed by atoms with Crippen LogP contribution in [0.25, 0.3) is 0 Å². The van der Waals surface area contributed by atoms with Gasteiger partial charge in [0.05, 0.1) is 19.3 Å². The van der Waals surface area contributed by atoms with Crippen molar-refractivity contribution >= 4 is 17.5 Å². The van der Waals surface area contributed by atoms with Gasteiger partial charge < -0.3 is 14.8 Å². The molecule has 0 saturated heterocycles. The number of benzene rings is 1. The van der Waals surface area contributed by atoms with Gasteiger partial charge >= 0.3 is 0 Å². The molecule has 7 heteroatoms. The SMILES string of the molecule is C#CCOc1ccc(CCC(=O)NCc2ccc(Cl)nn2)cc1OC. The van der Waals surface area contributed by atoms with Crippen molar-refractivity contribution in [2.75, 3.05) is 13.7 Å². The Morgan fingerprint density at radius 1 is 1.28 bits per heavy atom. The minimum absolute atomic E-state index is 0.0802. The molecule has 1 N–H and O–H groups in total. The summed E-state index contributed by atoms with van der Waals surface area (Å²) in [6.45, 7) is 0.483. The molecule has 0 spiro atoms. The molecule has 130 valence electrons. The van der Waals surface area contributed by atoms with Crippen LogP contribution < -0.4 is 14.8 Å². The molecule has 0 aliphatic rings. The molecule has 0 saturated carbocycles. The van der Waals surface area contributed by atoms with Crippen LogP contribution >= 0.6 is 11.6 Å². The predicted octanol–water partition coefficient (Wildman–Crippen LogP) is 2.40. The number of aryl methyl sites for hydroxylation is 1. The summed E-state index contributed by atoms with van der Waals surface area (Å²) in [7, 11) is 1.56. The Labute approximate surface area is 151 Å². The standard InChI is InChI=1S/C18H18ClN3O3/c1-3-10-25-15-7-4-13(11-16(15)24-2)5-9-18(23)20-12-14-6-8-17(19)22-21-14/h1,4,6-8,11H,5,9-10,12H2,2H3,(H,20,23). The molecule has 1 amide bonds. The van der Waals surface area contributed by atoms with E-state index in [2.05, 4.69) is 21.4 Å². The second-order valence-electron chi connectivity index (χ2n) is 5.10. The van der Waals surface area contributed by atoms with E-state index in [1.165, 1.54) is 0 Å². The van der Waals surface area contributed by atoms with Gasteiger partial charge in [-0.15, -0.1) is 11.5 Å². The predicted molar refractivity (Wildman–Crippen MR) is 94.5 cm³/mol. The number of aromatic nitrogens is 2. The molecule has 25 heavy (non-hydrogen) atoms. The van der Waals surface area contributed by atoms with Crippen LogP contribution in [0.5, 0.6) is 11.5 Å². The number of ether oxygens (including phenoxy) is 2. The van der Waals surface area contributed by atoms with Crippen molar-refractivity contribution in [3.63, 3.8) is 0 Å². The molecular weight excluding hydrogens is 342 g/mol. The van der Waals surface area contributed by atoms with Gasteiger partial charge in [-0.2, -0.15) is 5.10 Å². The highest BCUT2D eigenvalue weighted by Gasteiger charge is 2.08. The average Bonchev–Trinajstić information content (AvgIpc) is 2.64. The Bertz CT molecular complexity index is 757. The minimum Gasteiger partial charge on any atom is -0.493 e. The zero-order chi connectivity index (χ0) is 18.1. The van der Waals surface area contributed by atoms with Crippen LogP contribution in [0.15, 0.2) is 30.3 Å². The summed E-state index contributed by atoms with van der Waals surface area (Å²) in [4.78, 5) is 12.0. The molecule has 1 heterocycles. The summed E-state index contributed by atoms with van der Waals surface area (Å²) < 4.78 is 10.7. The van der Waals surface area contributed by atoms with Gasteiger partial charge in [0, 0.05) is 6.42 Å². The number of nitrogens with zero attached hydrogens (tertiary/aromatic N) is 2. The fourth-order valence-corrected chi connectivity index (χ4v) is 2.18. The fraction of sp³-hybridized carbons (Fsp3) is 0.278. The number of amides is 1. The maximum absolute atomic E-state index is 12.0. The van der Waals surface area contributed by atoms with E-state index in [4.69, 9.17) is 27.5 Å². The van der Waals surface area contributed by atoms with Crippen LogP contribution in [-0.4, -0.2) is 29.8 Å². The fourth-order valence-electron chi connectivity index (χ4n) is 2.08. The molecule has 0 bridgehead atoms. The van der Waals surface area contributed by atoms with Gasteiger partial charge in [-0.3, -0.25) is 4.79 Å². The Hall–Kier alpha value is -2.78. The Morgan fingerprint density at radius 2 is 2.12 bits per heavy atom. The molecule has 0 atom stereocenters. The van der Waals surface area contributed by atoms with Crippen molar-refractivity contribution in [2.45, 2.75) is 19.4 Å². The van der Waals surface area contributed by atoms with Gasteiger partial charge in [0.2, 0.25) is 5.91 Å². The molecule has 0 aliphatic carbocycles. The van der Waals surface area contributed by atoms with Crippen molar-refractivity contribution < 1.29 is 14.3 Å². The lowest BCUT2D eigenvalue weighted by molar-refractivity contribution is -0.121. The van der Waals surface area contributed by atoms with Gasteiger partial charge in [0.15, 0.2) is 16.7 Å². The molecule has 2 rings (SSSR count). The smallest absolute Gasteiger partial charge is 0.220 e. The topological polar surface area (TPSA) is 73.3 Å².